The Morgan fingerprint density at radius 2 is 2.04 bits per heavy atom. The van der Waals surface area contributed by atoms with Gasteiger partial charge in [-0.05, 0) is 42.8 Å². The van der Waals surface area contributed by atoms with Crippen LogP contribution in [0.4, 0.5) is 4.39 Å². The predicted octanol–water partition coefficient (Wildman–Crippen LogP) is 2.09. The molecule has 7 heteroatoms. The van der Waals surface area contributed by atoms with E-state index in [2.05, 4.69) is 4.98 Å². The maximum Gasteiger partial charge on any atom is 0.140 e. The van der Waals surface area contributed by atoms with Gasteiger partial charge in [-0.3, -0.25) is 0 Å². The van der Waals surface area contributed by atoms with Crippen molar-refractivity contribution in [3.05, 3.63) is 59.7 Å². The van der Waals surface area contributed by atoms with Gasteiger partial charge in [0.1, 0.15) is 35.5 Å². The van der Waals surface area contributed by atoms with Crippen molar-refractivity contribution < 1.29 is 24.4 Å². The Bertz CT molecular complexity index is 974. The lowest BCUT2D eigenvalue weighted by atomic mass is 10.2. The van der Waals surface area contributed by atoms with E-state index >= 15 is 0 Å². The molecule has 1 saturated carbocycles. The second-order valence-electron chi connectivity index (χ2n) is 6.94. The lowest BCUT2D eigenvalue weighted by molar-refractivity contribution is -0.0168. The molecule has 27 heavy (non-hydrogen) atoms. The SMILES string of the molecule is Cc1ccnc2c1ccn2C1CC(Oc2ccc(F)cc2CO)[C@@H](O)[C@H]1O. The molecule has 0 bridgehead atoms. The van der Waals surface area contributed by atoms with Crippen molar-refractivity contribution in [3.63, 3.8) is 0 Å². The largest absolute Gasteiger partial charge is 0.487 e. The van der Waals surface area contributed by atoms with Gasteiger partial charge in [-0.2, -0.15) is 0 Å². The minimum atomic E-state index is -1.12. The summed E-state index contributed by atoms with van der Waals surface area (Å²) in [4.78, 5) is 4.41. The van der Waals surface area contributed by atoms with Crippen molar-refractivity contribution in [1.82, 2.24) is 9.55 Å². The maximum atomic E-state index is 13.3. The van der Waals surface area contributed by atoms with Crippen LogP contribution in [0.3, 0.4) is 0 Å². The van der Waals surface area contributed by atoms with Crippen LogP contribution in [-0.4, -0.2) is 43.2 Å². The molecule has 3 N–H and O–H groups in total. The lowest BCUT2D eigenvalue weighted by Crippen LogP contribution is -2.34. The van der Waals surface area contributed by atoms with Crippen molar-refractivity contribution in [2.75, 3.05) is 0 Å². The molecule has 142 valence electrons. The van der Waals surface area contributed by atoms with Crippen LogP contribution in [0.1, 0.15) is 23.6 Å². The van der Waals surface area contributed by atoms with E-state index in [0.717, 1.165) is 16.6 Å². The van der Waals surface area contributed by atoms with E-state index in [1.54, 1.807) is 6.20 Å². The summed E-state index contributed by atoms with van der Waals surface area (Å²) in [6.45, 7) is 1.61. The number of halogens is 1. The fourth-order valence-electron chi connectivity index (χ4n) is 3.77. The molecule has 1 aromatic carbocycles. The van der Waals surface area contributed by atoms with Gasteiger partial charge in [0.2, 0.25) is 0 Å². The monoisotopic (exact) mass is 372 g/mol. The smallest absolute Gasteiger partial charge is 0.140 e. The Balaban J connectivity index is 1.62. The molecule has 0 radical (unpaired) electrons. The zero-order valence-electron chi connectivity index (χ0n) is 14.8. The zero-order valence-corrected chi connectivity index (χ0v) is 14.8. The second kappa shape index (κ2) is 6.92. The number of fused-ring (bicyclic) bond motifs is 1. The number of aliphatic hydroxyl groups is 3. The number of aryl methyl sites for hydroxylation is 1. The van der Waals surface area contributed by atoms with E-state index in [1.165, 1.54) is 18.2 Å². The highest BCUT2D eigenvalue weighted by Gasteiger charge is 2.44. The first-order valence-corrected chi connectivity index (χ1v) is 8.84. The third kappa shape index (κ3) is 3.07. The molecule has 2 aromatic heterocycles. The van der Waals surface area contributed by atoms with Crippen LogP contribution in [0.15, 0.2) is 42.7 Å². The average molecular weight is 372 g/mol. The van der Waals surface area contributed by atoms with Crippen LogP contribution in [0.2, 0.25) is 0 Å². The number of pyridine rings is 1. The van der Waals surface area contributed by atoms with Crippen molar-refractivity contribution in [3.8, 4) is 5.75 Å². The molecule has 2 heterocycles. The third-order valence-electron chi connectivity index (χ3n) is 5.26. The number of hydrogen-bond donors (Lipinski definition) is 3. The predicted molar refractivity (Wildman–Crippen MR) is 96.9 cm³/mol. The molecule has 4 rings (SSSR count). The molecule has 1 aliphatic carbocycles. The number of aromatic nitrogens is 2. The van der Waals surface area contributed by atoms with Gasteiger partial charge in [-0.1, -0.05) is 0 Å². The number of benzene rings is 1. The summed E-state index contributed by atoms with van der Waals surface area (Å²) >= 11 is 0. The van der Waals surface area contributed by atoms with E-state index in [0.29, 0.717) is 17.7 Å². The van der Waals surface area contributed by atoms with E-state index < -0.39 is 30.2 Å². The fraction of sp³-hybridized carbons (Fsp3) is 0.350. The molecular weight excluding hydrogens is 351 g/mol. The first kappa shape index (κ1) is 17.9. The van der Waals surface area contributed by atoms with E-state index in [-0.39, 0.29) is 6.61 Å². The molecule has 1 fully saturated rings. The molecule has 0 aliphatic heterocycles. The van der Waals surface area contributed by atoms with Gasteiger partial charge in [0.05, 0.1) is 12.6 Å². The van der Waals surface area contributed by atoms with Gasteiger partial charge >= 0.3 is 0 Å². The van der Waals surface area contributed by atoms with Crippen molar-refractivity contribution in [2.24, 2.45) is 0 Å². The molecule has 0 spiro atoms. The zero-order chi connectivity index (χ0) is 19.1. The minimum Gasteiger partial charge on any atom is -0.487 e. The number of rotatable bonds is 4. The van der Waals surface area contributed by atoms with Gasteiger partial charge in [0, 0.05) is 29.8 Å². The van der Waals surface area contributed by atoms with Crippen molar-refractivity contribution >= 4 is 11.0 Å². The van der Waals surface area contributed by atoms with Crippen LogP contribution < -0.4 is 4.74 Å². The standard InChI is InChI=1S/C20H21FN2O4/c1-11-4-6-22-20-14(11)5-7-23(20)15-9-17(19(26)18(15)25)27-16-3-2-13(21)8-12(16)10-24/h2-8,15,17-19,24-26H,9-10H2,1H3/t15?,17?,18-,19+/m0/s1. The average Bonchev–Trinajstić information content (AvgIpc) is 3.20. The summed E-state index contributed by atoms with van der Waals surface area (Å²) in [5.74, 6) is -0.182. The van der Waals surface area contributed by atoms with E-state index in [4.69, 9.17) is 4.74 Å². The normalized spacial score (nSPS) is 25.2. The Labute approximate surface area is 155 Å². The number of hydrogen-bond acceptors (Lipinski definition) is 5. The van der Waals surface area contributed by atoms with Gasteiger partial charge < -0.3 is 24.6 Å². The molecule has 1 aliphatic rings. The summed E-state index contributed by atoms with van der Waals surface area (Å²) < 4.78 is 21.0. The Kier molecular flexibility index (Phi) is 4.59. The number of ether oxygens (including phenoxy) is 1. The second-order valence-corrected chi connectivity index (χ2v) is 6.94. The van der Waals surface area contributed by atoms with Gasteiger partial charge in [-0.25, -0.2) is 9.37 Å². The summed E-state index contributed by atoms with van der Waals surface area (Å²) in [6, 6.07) is 7.29. The summed E-state index contributed by atoms with van der Waals surface area (Å²) in [5.41, 5.74) is 2.12. The Morgan fingerprint density at radius 3 is 2.81 bits per heavy atom. The van der Waals surface area contributed by atoms with Crippen LogP contribution in [-0.2, 0) is 6.61 Å². The minimum absolute atomic E-state index is 0.294. The van der Waals surface area contributed by atoms with E-state index in [9.17, 15) is 19.7 Å². The molecule has 4 atom stereocenters. The highest BCUT2D eigenvalue weighted by Crippen LogP contribution is 2.36. The van der Waals surface area contributed by atoms with Gasteiger partial charge in [0.25, 0.3) is 0 Å². The van der Waals surface area contributed by atoms with Gasteiger partial charge in [-0.15, -0.1) is 0 Å². The topological polar surface area (TPSA) is 87.7 Å². The fourth-order valence-corrected chi connectivity index (χ4v) is 3.77. The van der Waals surface area contributed by atoms with Crippen LogP contribution in [0.5, 0.6) is 5.75 Å². The third-order valence-corrected chi connectivity index (χ3v) is 5.26. The first-order chi connectivity index (χ1) is 13.0. The number of nitrogens with zero attached hydrogens (tertiary/aromatic N) is 2. The summed E-state index contributed by atoms with van der Waals surface area (Å²) in [5, 5.41) is 31.5. The van der Waals surface area contributed by atoms with Crippen molar-refractivity contribution in [1.29, 1.82) is 0 Å². The highest BCUT2D eigenvalue weighted by atomic mass is 19.1. The highest BCUT2D eigenvalue weighted by molar-refractivity contribution is 5.79. The molecule has 3 aromatic rings. The summed E-state index contributed by atoms with van der Waals surface area (Å²) in [7, 11) is 0. The number of aliphatic hydroxyl groups excluding tert-OH is 3. The van der Waals surface area contributed by atoms with Crippen LogP contribution >= 0.6 is 0 Å². The van der Waals surface area contributed by atoms with Crippen LogP contribution in [0, 0.1) is 12.7 Å². The van der Waals surface area contributed by atoms with Crippen LogP contribution in [0.25, 0.3) is 11.0 Å². The van der Waals surface area contributed by atoms with Crippen molar-refractivity contribution in [2.45, 2.75) is 44.3 Å². The Morgan fingerprint density at radius 1 is 1.22 bits per heavy atom. The molecule has 2 unspecified atom stereocenters. The van der Waals surface area contributed by atoms with Gasteiger partial charge in [0.15, 0.2) is 0 Å². The van der Waals surface area contributed by atoms with E-state index in [1.807, 2.05) is 29.8 Å². The lowest BCUT2D eigenvalue weighted by Gasteiger charge is -2.20. The maximum absolute atomic E-state index is 13.3. The quantitative estimate of drug-likeness (QED) is 0.653. The first-order valence-electron chi connectivity index (χ1n) is 8.84. The molecule has 6 nitrogen and oxygen atoms in total. The molecule has 0 amide bonds. The summed E-state index contributed by atoms with van der Waals surface area (Å²) in [6.07, 6.45) is 1.07. The molecule has 0 saturated heterocycles. The molecular formula is C20H21FN2O4. The Hall–Kier alpha value is -2.48.